The minimum Gasteiger partial charge on any atom is -0.497 e. The van der Waals surface area contributed by atoms with Crippen LogP contribution in [-0.4, -0.2) is 101 Å². The Balaban J connectivity index is 0.000000176. The maximum atomic E-state index is 11.7. The summed E-state index contributed by atoms with van der Waals surface area (Å²) in [5.74, 6) is 2.59. The molecule has 2 aliphatic heterocycles. The van der Waals surface area contributed by atoms with E-state index in [2.05, 4.69) is 67.6 Å². The van der Waals surface area contributed by atoms with Crippen molar-refractivity contribution >= 4 is 35.6 Å². The molecule has 0 spiro atoms. The molecule has 0 bridgehead atoms. The van der Waals surface area contributed by atoms with Crippen molar-refractivity contribution in [2.45, 2.75) is 85.5 Å². The number of carbonyl (C=O) groups excluding carboxylic acids is 3. The second-order valence-corrected chi connectivity index (χ2v) is 18.1. The Morgan fingerprint density at radius 2 is 1.14 bits per heavy atom. The van der Waals surface area contributed by atoms with Gasteiger partial charge >= 0.3 is 0 Å². The predicted octanol–water partition coefficient (Wildman–Crippen LogP) is 8.72. The molecule has 2 fully saturated rings. The minimum atomic E-state index is -0.603. The summed E-state index contributed by atoms with van der Waals surface area (Å²) in [6.45, 7) is 15.7. The van der Waals surface area contributed by atoms with Gasteiger partial charge in [-0.1, -0.05) is 88.2 Å². The number of ether oxygens (including phenoxy) is 2. The van der Waals surface area contributed by atoms with Gasteiger partial charge in [-0.05, 0) is 99.7 Å². The molecule has 8 rings (SSSR count). The molecule has 380 valence electrons. The fourth-order valence-corrected chi connectivity index (χ4v) is 8.63. The largest absolute Gasteiger partial charge is 0.497 e. The summed E-state index contributed by atoms with van der Waals surface area (Å²) >= 11 is 0. The van der Waals surface area contributed by atoms with Gasteiger partial charge in [0.05, 0.1) is 31.3 Å². The summed E-state index contributed by atoms with van der Waals surface area (Å²) in [6, 6.07) is 28.4. The van der Waals surface area contributed by atoms with Crippen LogP contribution in [0.15, 0.2) is 91.0 Å². The molecular weight excluding hydrogens is 909 g/mol. The van der Waals surface area contributed by atoms with Crippen molar-refractivity contribution in [1.82, 2.24) is 29.9 Å². The highest BCUT2D eigenvalue weighted by atomic mass is 16.5. The number of anilines is 3. The zero-order valence-electron chi connectivity index (χ0n) is 42.8. The number of nitrogens with zero attached hydrogens (tertiary/aromatic N) is 9. The molecule has 0 aliphatic carbocycles. The van der Waals surface area contributed by atoms with Crippen LogP contribution in [0, 0.1) is 5.92 Å². The maximum Gasteiger partial charge on any atom is 0.267 e. The van der Waals surface area contributed by atoms with E-state index < -0.39 is 17.7 Å². The predicted molar refractivity (Wildman–Crippen MR) is 285 cm³/mol. The van der Waals surface area contributed by atoms with E-state index in [-0.39, 0.29) is 17.1 Å². The Hall–Kier alpha value is -7.69. The number of piperidine rings is 2. The molecule has 5 heterocycles. The summed E-state index contributed by atoms with van der Waals surface area (Å²) < 4.78 is 10.7. The van der Waals surface area contributed by atoms with E-state index in [1.807, 2.05) is 61.2 Å². The lowest BCUT2D eigenvalue weighted by Gasteiger charge is -2.32. The highest BCUT2D eigenvalue weighted by Crippen LogP contribution is 2.34. The van der Waals surface area contributed by atoms with Crippen LogP contribution < -0.4 is 41.4 Å². The molecule has 0 atom stereocenters. The molecule has 17 heteroatoms. The third-order valence-corrected chi connectivity index (χ3v) is 12.8. The van der Waals surface area contributed by atoms with Gasteiger partial charge in [-0.15, -0.1) is 0 Å². The van der Waals surface area contributed by atoms with Crippen molar-refractivity contribution in [1.29, 1.82) is 0 Å². The number of aromatic nitrogens is 6. The van der Waals surface area contributed by atoms with Gasteiger partial charge in [0, 0.05) is 56.0 Å². The standard InChI is InChI=1S/2C19H24N4O.C17H22N4O3/c1-13(2)14-6-8-15(9-7-14)16-12-17(18(20)24)22-19(21-16)23-10-4-3-5-11-23;1-2-6-14-9-11-23(12-10-14)19-21-16(13-17(22-19)18(20)24)15-7-4-3-5-8-15;1-5-21(6-2)17-19-13(10-14(20-17)16(18)22)12-9-11(23-3)7-8-15(12)24-4/h6-9,12-13H,3-5,10-11H2,1-2H3,(H2,20,24);3-5,7-8,13-14H,2,6,9-12H2,1H3,(H2,20,24);7-10H,5-6H2,1-4H3,(H2,18,22). The number of nitrogens with two attached hydrogens (primary N) is 3. The number of rotatable bonds is 16. The van der Waals surface area contributed by atoms with Crippen molar-refractivity contribution in [3.8, 4) is 45.3 Å². The van der Waals surface area contributed by atoms with Crippen molar-refractivity contribution < 1.29 is 23.9 Å². The number of benzene rings is 3. The van der Waals surface area contributed by atoms with Crippen molar-refractivity contribution in [2.24, 2.45) is 23.1 Å². The molecule has 0 radical (unpaired) electrons. The van der Waals surface area contributed by atoms with Crippen molar-refractivity contribution in [3.05, 3.63) is 114 Å². The van der Waals surface area contributed by atoms with Crippen LogP contribution in [0.5, 0.6) is 11.5 Å². The second kappa shape index (κ2) is 26.0. The van der Waals surface area contributed by atoms with Crippen molar-refractivity contribution in [2.75, 3.05) is 68.2 Å². The number of amides is 3. The molecule has 6 aromatic rings. The summed E-state index contributed by atoms with van der Waals surface area (Å²) in [5, 5.41) is 0. The van der Waals surface area contributed by atoms with Crippen LogP contribution in [0.25, 0.3) is 33.8 Å². The lowest BCUT2D eigenvalue weighted by molar-refractivity contribution is 0.0987. The first kappa shape index (κ1) is 53.7. The SMILES string of the molecule is CC(C)c1ccc(-c2cc(C(N)=O)nc(N3CCCCC3)n2)cc1.CCCC1CCN(c2nc(C(N)=O)cc(-c3ccccc3)n2)CC1.CCN(CC)c1nc(C(N)=O)cc(-c2cc(OC)ccc2OC)n1. The van der Waals surface area contributed by atoms with E-state index >= 15 is 0 Å². The molecule has 3 aromatic carbocycles. The third-order valence-electron chi connectivity index (χ3n) is 12.8. The van der Waals surface area contributed by atoms with Crippen LogP contribution >= 0.6 is 0 Å². The van der Waals surface area contributed by atoms with E-state index in [9.17, 15) is 14.4 Å². The molecule has 2 aliphatic rings. The van der Waals surface area contributed by atoms with Crippen LogP contribution in [0.3, 0.4) is 0 Å². The first-order chi connectivity index (χ1) is 34.7. The number of hydrogen-bond donors (Lipinski definition) is 3. The maximum absolute atomic E-state index is 11.7. The zero-order valence-corrected chi connectivity index (χ0v) is 42.8. The van der Waals surface area contributed by atoms with E-state index in [4.69, 9.17) is 31.7 Å². The molecule has 6 N–H and O–H groups in total. The highest BCUT2D eigenvalue weighted by molar-refractivity contribution is 5.93. The van der Waals surface area contributed by atoms with Gasteiger partial charge < -0.3 is 41.4 Å². The van der Waals surface area contributed by atoms with Crippen LogP contribution in [0.2, 0.25) is 0 Å². The van der Waals surface area contributed by atoms with Crippen LogP contribution in [0.1, 0.15) is 123 Å². The third kappa shape index (κ3) is 14.2. The normalized spacial score (nSPS) is 13.6. The Labute approximate surface area is 423 Å². The Morgan fingerprint density at radius 3 is 1.64 bits per heavy atom. The van der Waals surface area contributed by atoms with E-state index in [1.54, 1.807) is 50.6 Å². The lowest BCUT2D eigenvalue weighted by Crippen LogP contribution is -2.35. The van der Waals surface area contributed by atoms with E-state index in [0.29, 0.717) is 59.6 Å². The van der Waals surface area contributed by atoms with Crippen LogP contribution in [-0.2, 0) is 0 Å². The molecular formula is C55H70N12O5. The quantitative estimate of drug-likeness (QED) is 0.0823. The Bertz CT molecular complexity index is 2740. The molecule has 17 nitrogen and oxygen atoms in total. The lowest BCUT2D eigenvalue weighted by atomic mass is 9.93. The first-order valence-corrected chi connectivity index (χ1v) is 24.9. The smallest absolute Gasteiger partial charge is 0.267 e. The number of methoxy groups -OCH3 is 2. The minimum absolute atomic E-state index is 0.159. The molecule has 0 saturated carbocycles. The van der Waals surface area contributed by atoms with Gasteiger partial charge in [-0.25, -0.2) is 29.9 Å². The summed E-state index contributed by atoms with van der Waals surface area (Å²) in [7, 11) is 3.16. The van der Waals surface area contributed by atoms with Gasteiger partial charge in [0.25, 0.3) is 17.7 Å². The highest BCUT2D eigenvalue weighted by Gasteiger charge is 2.23. The monoisotopic (exact) mass is 979 g/mol. The number of primary amides is 3. The van der Waals surface area contributed by atoms with Crippen molar-refractivity contribution in [3.63, 3.8) is 0 Å². The first-order valence-electron chi connectivity index (χ1n) is 24.9. The number of hydrogen-bond acceptors (Lipinski definition) is 14. The van der Waals surface area contributed by atoms with E-state index in [0.717, 1.165) is 80.3 Å². The van der Waals surface area contributed by atoms with E-state index in [1.165, 1.54) is 24.8 Å². The molecule has 3 amide bonds. The topological polar surface area (TPSA) is 235 Å². The molecule has 0 unspecified atom stereocenters. The van der Waals surface area contributed by atoms with Gasteiger partial charge in [-0.2, -0.15) is 0 Å². The average molecular weight is 979 g/mol. The fraction of sp³-hybridized carbons (Fsp3) is 0.400. The molecule has 3 aromatic heterocycles. The van der Waals surface area contributed by atoms with Gasteiger partial charge in [0.2, 0.25) is 17.8 Å². The Morgan fingerprint density at radius 1 is 0.611 bits per heavy atom. The molecule has 2 saturated heterocycles. The summed E-state index contributed by atoms with van der Waals surface area (Å²) in [6.07, 6.45) is 8.31. The summed E-state index contributed by atoms with van der Waals surface area (Å²) in [5.41, 5.74) is 23.0. The van der Waals surface area contributed by atoms with Gasteiger partial charge in [0.1, 0.15) is 28.6 Å². The number of carbonyl (C=O) groups is 3. The summed E-state index contributed by atoms with van der Waals surface area (Å²) in [4.78, 5) is 68.3. The second-order valence-electron chi connectivity index (χ2n) is 18.1. The molecule has 72 heavy (non-hydrogen) atoms. The van der Waals surface area contributed by atoms with Gasteiger partial charge in [-0.3, -0.25) is 14.4 Å². The fourth-order valence-electron chi connectivity index (χ4n) is 8.63. The average Bonchev–Trinajstić information content (AvgIpc) is 3.41. The zero-order chi connectivity index (χ0) is 51.7. The van der Waals surface area contributed by atoms with Gasteiger partial charge in [0.15, 0.2) is 0 Å². The van der Waals surface area contributed by atoms with Crippen LogP contribution in [0.4, 0.5) is 17.8 Å². The Kier molecular flexibility index (Phi) is 19.3.